The number of ether oxygens (including phenoxy) is 1. The van der Waals surface area contributed by atoms with Crippen molar-refractivity contribution in [1.29, 1.82) is 0 Å². The summed E-state index contributed by atoms with van der Waals surface area (Å²) in [5.74, 6) is 0.990. The van der Waals surface area contributed by atoms with Crippen molar-refractivity contribution in [2.75, 3.05) is 7.11 Å². The highest BCUT2D eigenvalue weighted by Gasteiger charge is 2.09. The minimum Gasteiger partial charge on any atom is -0.497 e. The van der Waals surface area contributed by atoms with Crippen LogP contribution >= 0.6 is 15.9 Å². The van der Waals surface area contributed by atoms with E-state index in [1.54, 1.807) is 7.11 Å². The topological polar surface area (TPSA) is 26.3 Å². The van der Waals surface area contributed by atoms with E-state index in [1.807, 2.05) is 48.5 Å². The predicted octanol–water partition coefficient (Wildman–Crippen LogP) is 4.27. The molecule has 0 radical (unpaired) electrons. The van der Waals surface area contributed by atoms with Gasteiger partial charge >= 0.3 is 0 Å². The molecule has 0 aliphatic carbocycles. The maximum atomic E-state index is 12.1. The third-order valence-corrected chi connectivity index (χ3v) is 3.67. The summed E-state index contributed by atoms with van der Waals surface area (Å²) in [6, 6.07) is 15.3. The predicted molar refractivity (Wildman–Crippen MR) is 79.8 cm³/mol. The van der Waals surface area contributed by atoms with Crippen molar-refractivity contribution >= 4 is 21.7 Å². The van der Waals surface area contributed by atoms with E-state index in [0.717, 1.165) is 27.8 Å². The smallest absolute Gasteiger partial charge is 0.164 e. The molecule has 0 saturated heterocycles. The van der Waals surface area contributed by atoms with Gasteiger partial charge in [0.05, 0.1) is 7.11 Å². The molecule has 2 nitrogen and oxygen atoms in total. The number of ketones is 1. The van der Waals surface area contributed by atoms with Crippen LogP contribution in [0.5, 0.6) is 5.75 Å². The molecule has 2 rings (SSSR count). The SMILES string of the molecule is COc1ccc(CCC(=O)c2ccccc2Br)cc1. The number of hydrogen-bond acceptors (Lipinski definition) is 2. The lowest BCUT2D eigenvalue weighted by Crippen LogP contribution is -2.02. The number of methoxy groups -OCH3 is 1. The molecule has 3 heteroatoms. The van der Waals surface area contributed by atoms with Gasteiger partial charge < -0.3 is 4.74 Å². The molecular formula is C16H15BrO2. The van der Waals surface area contributed by atoms with Crippen molar-refractivity contribution in [2.45, 2.75) is 12.8 Å². The van der Waals surface area contributed by atoms with Crippen molar-refractivity contribution in [3.63, 3.8) is 0 Å². The first kappa shape index (κ1) is 13.8. The molecule has 0 aromatic heterocycles. The summed E-state index contributed by atoms with van der Waals surface area (Å²) < 4.78 is 5.96. The highest BCUT2D eigenvalue weighted by atomic mass is 79.9. The van der Waals surface area contributed by atoms with Crippen LogP contribution in [0.2, 0.25) is 0 Å². The number of rotatable bonds is 5. The number of carbonyl (C=O) groups excluding carboxylic acids is 1. The van der Waals surface area contributed by atoms with Gasteiger partial charge in [-0.05, 0) is 30.2 Å². The maximum Gasteiger partial charge on any atom is 0.164 e. The van der Waals surface area contributed by atoms with Gasteiger partial charge in [-0.25, -0.2) is 0 Å². The summed E-state index contributed by atoms with van der Waals surface area (Å²) in [5.41, 5.74) is 1.89. The van der Waals surface area contributed by atoms with Crippen LogP contribution in [0.3, 0.4) is 0 Å². The monoisotopic (exact) mass is 318 g/mol. The van der Waals surface area contributed by atoms with E-state index in [4.69, 9.17) is 4.74 Å². The Bertz CT molecular complexity index is 561. The van der Waals surface area contributed by atoms with Gasteiger partial charge in [0.25, 0.3) is 0 Å². The Labute approximate surface area is 121 Å². The average Bonchev–Trinajstić information content (AvgIpc) is 2.46. The van der Waals surface area contributed by atoms with E-state index in [1.165, 1.54) is 0 Å². The Balaban J connectivity index is 1.98. The Morgan fingerprint density at radius 2 is 1.79 bits per heavy atom. The Kier molecular flexibility index (Phi) is 4.74. The number of aryl methyl sites for hydroxylation is 1. The Morgan fingerprint density at radius 3 is 2.42 bits per heavy atom. The third-order valence-electron chi connectivity index (χ3n) is 2.97. The van der Waals surface area contributed by atoms with Gasteiger partial charge in [0, 0.05) is 16.5 Å². The number of benzene rings is 2. The Hall–Kier alpha value is -1.61. The summed E-state index contributed by atoms with van der Waals surface area (Å²) >= 11 is 3.40. The molecule has 0 heterocycles. The first-order chi connectivity index (χ1) is 9.20. The quantitative estimate of drug-likeness (QED) is 0.769. The van der Waals surface area contributed by atoms with Gasteiger partial charge in [-0.15, -0.1) is 0 Å². The molecule has 0 spiro atoms. The van der Waals surface area contributed by atoms with Crippen molar-refractivity contribution in [3.05, 3.63) is 64.1 Å². The molecule has 2 aromatic carbocycles. The van der Waals surface area contributed by atoms with Crippen LogP contribution in [0, 0.1) is 0 Å². The molecule has 0 fully saturated rings. The molecule has 0 atom stereocenters. The van der Waals surface area contributed by atoms with Crippen LogP contribution in [0.1, 0.15) is 22.3 Å². The molecule has 0 amide bonds. The van der Waals surface area contributed by atoms with E-state index >= 15 is 0 Å². The van der Waals surface area contributed by atoms with Crippen LogP contribution in [-0.2, 0) is 6.42 Å². The first-order valence-electron chi connectivity index (χ1n) is 6.11. The molecule has 0 saturated carbocycles. The largest absolute Gasteiger partial charge is 0.497 e. The standard InChI is InChI=1S/C16H15BrO2/c1-19-13-9-6-12(7-10-13)8-11-16(18)14-4-2-3-5-15(14)17/h2-7,9-10H,8,11H2,1H3. The average molecular weight is 319 g/mol. The van der Waals surface area contributed by atoms with Crippen LogP contribution in [0.15, 0.2) is 53.0 Å². The first-order valence-corrected chi connectivity index (χ1v) is 6.90. The maximum absolute atomic E-state index is 12.1. The molecule has 0 bridgehead atoms. The Morgan fingerprint density at radius 1 is 1.11 bits per heavy atom. The van der Waals surface area contributed by atoms with Crippen LogP contribution in [0.25, 0.3) is 0 Å². The van der Waals surface area contributed by atoms with Gasteiger partial charge in [0.2, 0.25) is 0 Å². The number of Topliss-reactive ketones (excluding diaryl/α,β-unsaturated/α-hetero) is 1. The highest BCUT2D eigenvalue weighted by molar-refractivity contribution is 9.10. The van der Waals surface area contributed by atoms with Crippen molar-refractivity contribution in [2.24, 2.45) is 0 Å². The molecule has 19 heavy (non-hydrogen) atoms. The second kappa shape index (κ2) is 6.53. The van der Waals surface area contributed by atoms with E-state index < -0.39 is 0 Å². The second-order valence-corrected chi connectivity index (χ2v) is 5.11. The number of hydrogen-bond donors (Lipinski definition) is 0. The zero-order valence-electron chi connectivity index (χ0n) is 10.7. The summed E-state index contributed by atoms with van der Waals surface area (Å²) in [4.78, 5) is 12.1. The van der Waals surface area contributed by atoms with E-state index in [2.05, 4.69) is 15.9 Å². The van der Waals surface area contributed by atoms with E-state index in [0.29, 0.717) is 6.42 Å². The lowest BCUT2D eigenvalue weighted by molar-refractivity contribution is 0.0982. The van der Waals surface area contributed by atoms with Crippen LogP contribution < -0.4 is 4.74 Å². The van der Waals surface area contributed by atoms with Crippen molar-refractivity contribution in [3.8, 4) is 5.75 Å². The van der Waals surface area contributed by atoms with Crippen molar-refractivity contribution in [1.82, 2.24) is 0 Å². The minimum absolute atomic E-state index is 0.156. The van der Waals surface area contributed by atoms with Gasteiger partial charge in [-0.3, -0.25) is 4.79 Å². The van der Waals surface area contributed by atoms with Crippen LogP contribution in [-0.4, -0.2) is 12.9 Å². The molecule has 0 aliphatic rings. The summed E-state index contributed by atoms with van der Waals surface area (Å²) in [5, 5.41) is 0. The third kappa shape index (κ3) is 3.67. The van der Waals surface area contributed by atoms with E-state index in [9.17, 15) is 4.79 Å². The lowest BCUT2D eigenvalue weighted by atomic mass is 10.0. The molecular weight excluding hydrogens is 304 g/mol. The number of carbonyl (C=O) groups is 1. The fraction of sp³-hybridized carbons (Fsp3) is 0.188. The van der Waals surface area contributed by atoms with Crippen LogP contribution in [0.4, 0.5) is 0 Å². The van der Waals surface area contributed by atoms with Gasteiger partial charge in [-0.1, -0.05) is 46.3 Å². The molecule has 0 unspecified atom stereocenters. The fourth-order valence-corrected chi connectivity index (χ4v) is 2.38. The summed E-state index contributed by atoms with van der Waals surface area (Å²) in [6.45, 7) is 0. The zero-order valence-corrected chi connectivity index (χ0v) is 12.3. The molecule has 2 aromatic rings. The normalized spacial score (nSPS) is 10.2. The fourth-order valence-electron chi connectivity index (χ4n) is 1.87. The lowest BCUT2D eigenvalue weighted by Gasteiger charge is -2.05. The van der Waals surface area contributed by atoms with Crippen molar-refractivity contribution < 1.29 is 9.53 Å². The molecule has 0 aliphatic heterocycles. The molecule has 0 N–H and O–H groups in total. The van der Waals surface area contributed by atoms with Gasteiger partial charge in [0.15, 0.2) is 5.78 Å². The minimum atomic E-state index is 0.156. The summed E-state index contributed by atoms with van der Waals surface area (Å²) in [6.07, 6.45) is 1.25. The van der Waals surface area contributed by atoms with E-state index in [-0.39, 0.29) is 5.78 Å². The highest BCUT2D eigenvalue weighted by Crippen LogP contribution is 2.19. The second-order valence-electron chi connectivity index (χ2n) is 4.25. The van der Waals surface area contributed by atoms with Gasteiger partial charge in [0.1, 0.15) is 5.75 Å². The van der Waals surface area contributed by atoms with Gasteiger partial charge in [-0.2, -0.15) is 0 Å². The summed E-state index contributed by atoms with van der Waals surface area (Å²) in [7, 11) is 1.64. The zero-order chi connectivity index (χ0) is 13.7. The molecule has 98 valence electrons. The number of halogens is 1.